The van der Waals surface area contributed by atoms with Crippen LogP contribution in [-0.2, 0) is 9.53 Å². The Hall–Kier alpha value is -0.0900. The number of carbonyl (C=O) groups excluding carboxylic acids is 1. The van der Waals surface area contributed by atoms with Crippen molar-refractivity contribution in [3.05, 3.63) is 0 Å². The number of ether oxygens (including phenoxy) is 1. The molecule has 1 rings (SSSR count). The van der Waals surface area contributed by atoms with Crippen LogP contribution in [0.2, 0.25) is 0 Å². The van der Waals surface area contributed by atoms with Crippen LogP contribution in [0, 0.1) is 0 Å². The summed E-state index contributed by atoms with van der Waals surface area (Å²) in [6.45, 7) is 4.75. The minimum atomic E-state index is -0.0476. The normalized spacial score (nSPS) is 27.9. The summed E-state index contributed by atoms with van der Waals surface area (Å²) in [5.74, 6) is 0.104. The van der Waals surface area contributed by atoms with Crippen LogP contribution < -0.4 is 5.32 Å². The first-order valence-corrected chi connectivity index (χ1v) is 6.15. The summed E-state index contributed by atoms with van der Waals surface area (Å²) in [7, 11) is 0. The first-order chi connectivity index (χ1) is 6.67. The Morgan fingerprint density at radius 2 is 2.21 bits per heavy atom. The van der Waals surface area contributed by atoms with Crippen LogP contribution in [0.25, 0.3) is 0 Å². The van der Waals surface area contributed by atoms with E-state index in [-0.39, 0.29) is 10.7 Å². The fourth-order valence-corrected chi connectivity index (χ4v) is 1.66. The van der Waals surface area contributed by atoms with Crippen LogP contribution in [-0.4, -0.2) is 29.5 Å². The lowest BCUT2D eigenvalue weighted by molar-refractivity contribution is -0.123. The zero-order chi connectivity index (χ0) is 10.6. The fraction of sp³-hybridized carbons (Fsp3) is 0.900. The highest BCUT2D eigenvalue weighted by Crippen LogP contribution is 2.23. The molecular formula is C10H18BrNO2. The van der Waals surface area contributed by atoms with E-state index in [4.69, 9.17) is 4.74 Å². The van der Waals surface area contributed by atoms with E-state index < -0.39 is 0 Å². The average molecular weight is 264 g/mol. The summed E-state index contributed by atoms with van der Waals surface area (Å²) < 4.78 is 5.41. The summed E-state index contributed by atoms with van der Waals surface area (Å²) in [6, 6.07) is 0.325. The van der Waals surface area contributed by atoms with Gasteiger partial charge in [-0.25, -0.2) is 0 Å². The molecule has 0 bridgehead atoms. The van der Waals surface area contributed by atoms with Gasteiger partial charge in [0, 0.05) is 12.6 Å². The van der Waals surface area contributed by atoms with Gasteiger partial charge in [0.1, 0.15) is 0 Å². The molecule has 1 fully saturated rings. The second kappa shape index (κ2) is 5.71. The van der Waals surface area contributed by atoms with Gasteiger partial charge in [-0.15, -0.1) is 0 Å². The van der Waals surface area contributed by atoms with Gasteiger partial charge >= 0.3 is 0 Å². The monoisotopic (exact) mass is 263 g/mol. The quantitative estimate of drug-likeness (QED) is 0.769. The molecule has 1 aliphatic rings. The maximum Gasteiger partial charge on any atom is 0.233 e. The molecule has 0 aromatic heterocycles. The van der Waals surface area contributed by atoms with E-state index >= 15 is 0 Å². The van der Waals surface area contributed by atoms with Gasteiger partial charge in [0.25, 0.3) is 0 Å². The van der Waals surface area contributed by atoms with Crippen molar-refractivity contribution < 1.29 is 9.53 Å². The Labute approximate surface area is 93.7 Å². The number of hydrogen-bond donors (Lipinski definition) is 1. The number of amides is 1. The molecule has 82 valence electrons. The lowest BCUT2D eigenvalue weighted by atomic mass is 9.89. The molecule has 1 saturated carbocycles. The lowest BCUT2D eigenvalue weighted by Gasteiger charge is -2.35. The largest absolute Gasteiger partial charge is 0.378 e. The van der Waals surface area contributed by atoms with Crippen LogP contribution in [0.4, 0.5) is 0 Å². The molecule has 0 radical (unpaired) electrons. The summed E-state index contributed by atoms with van der Waals surface area (Å²) in [6.07, 6.45) is 3.11. The number of alkyl halides is 1. The third kappa shape index (κ3) is 3.24. The van der Waals surface area contributed by atoms with E-state index in [0.29, 0.717) is 12.1 Å². The van der Waals surface area contributed by atoms with Gasteiger partial charge in [0.2, 0.25) is 5.91 Å². The minimum Gasteiger partial charge on any atom is -0.378 e. The number of hydrogen-bond acceptors (Lipinski definition) is 2. The van der Waals surface area contributed by atoms with E-state index in [0.717, 1.165) is 25.9 Å². The molecule has 0 aliphatic heterocycles. The van der Waals surface area contributed by atoms with E-state index in [9.17, 15) is 4.79 Å². The average Bonchev–Trinajstić information content (AvgIpc) is 2.13. The second-order valence-corrected chi connectivity index (χ2v) is 4.74. The van der Waals surface area contributed by atoms with Gasteiger partial charge in [-0.05, 0) is 26.2 Å². The Kier molecular flexibility index (Phi) is 4.89. The molecule has 0 aromatic rings. The van der Waals surface area contributed by atoms with Crippen LogP contribution >= 0.6 is 15.9 Å². The van der Waals surface area contributed by atoms with Gasteiger partial charge < -0.3 is 10.1 Å². The molecule has 3 nitrogen and oxygen atoms in total. The zero-order valence-corrected chi connectivity index (χ0v) is 10.3. The van der Waals surface area contributed by atoms with E-state index in [1.165, 1.54) is 0 Å². The van der Waals surface area contributed by atoms with Gasteiger partial charge in [0.15, 0.2) is 0 Å². The maximum absolute atomic E-state index is 11.4. The van der Waals surface area contributed by atoms with Crippen molar-refractivity contribution in [1.82, 2.24) is 5.32 Å². The van der Waals surface area contributed by atoms with Crippen molar-refractivity contribution in [3.63, 3.8) is 0 Å². The second-order valence-electron chi connectivity index (χ2n) is 3.63. The number of carbonyl (C=O) groups is 1. The topological polar surface area (TPSA) is 38.3 Å². The first kappa shape index (κ1) is 12.0. The molecule has 0 saturated heterocycles. The molecule has 1 atom stereocenters. The van der Waals surface area contributed by atoms with Crippen LogP contribution in [0.3, 0.4) is 0 Å². The zero-order valence-electron chi connectivity index (χ0n) is 8.75. The summed E-state index contributed by atoms with van der Waals surface area (Å²) in [5.41, 5.74) is 0. The Morgan fingerprint density at radius 1 is 1.57 bits per heavy atom. The van der Waals surface area contributed by atoms with Crippen molar-refractivity contribution in [2.75, 3.05) is 6.61 Å². The Bertz CT molecular complexity index is 193. The SMILES string of the molecule is CCOC1CC(NC(=O)C(Br)CC)C1. The van der Waals surface area contributed by atoms with Crippen LogP contribution in [0.15, 0.2) is 0 Å². The number of halogens is 1. The molecule has 1 amide bonds. The van der Waals surface area contributed by atoms with Crippen LogP contribution in [0.5, 0.6) is 0 Å². The Balaban J connectivity index is 2.13. The number of nitrogens with one attached hydrogen (secondary N) is 1. The predicted molar refractivity (Wildman–Crippen MR) is 59.6 cm³/mol. The van der Waals surface area contributed by atoms with Crippen molar-refractivity contribution in [1.29, 1.82) is 0 Å². The van der Waals surface area contributed by atoms with Crippen molar-refractivity contribution in [3.8, 4) is 0 Å². The smallest absolute Gasteiger partial charge is 0.233 e. The molecule has 1 N–H and O–H groups in total. The predicted octanol–water partition coefficient (Wildman–Crippen LogP) is 1.84. The van der Waals surface area contributed by atoms with Gasteiger partial charge in [-0.1, -0.05) is 22.9 Å². The van der Waals surface area contributed by atoms with E-state index in [2.05, 4.69) is 21.2 Å². The Morgan fingerprint density at radius 3 is 2.71 bits per heavy atom. The number of rotatable bonds is 5. The highest BCUT2D eigenvalue weighted by Gasteiger charge is 2.31. The van der Waals surface area contributed by atoms with Crippen molar-refractivity contribution >= 4 is 21.8 Å². The van der Waals surface area contributed by atoms with E-state index in [1.54, 1.807) is 0 Å². The summed E-state index contributed by atoms with van der Waals surface area (Å²) in [4.78, 5) is 11.4. The van der Waals surface area contributed by atoms with Gasteiger partial charge in [0.05, 0.1) is 10.9 Å². The third-order valence-electron chi connectivity index (χ3n) is 2.49. The molecule has 4 heteroatoms. The van der Waals surface area contributed by atoms with Crippen molar-refractivity contribution in [2.24, 2.45) is 0 Å². The lowest BCUT2D eigenvalue weighted by Crippen LogP contribution is -2.49. The minimum absolute atomic E-state index is 0.0476. The van der Waals surface area contributed by atoms with Crippen molar-refractivity contribution in [2.45, 2.75) is 50.1 Å². The standard InChI is InChI=1S/C10H18BrNO2/c1-3-9(11)10(13)12-7-5-8(6-7)14-4-2/h7-9H,3-6H2,1-2H3,(H,12,13). The molecule has 1 unspecified atom stereocenters. The third-order valence-corrected chi connectivity index (χ3v) is 3.55. The highest BCUT2D eigenvalue weighted by molar-refractivity contribution is 9.10. The molecule has 0 spiro atoms. The first-order valence-electron chi connectivity index (χ1n) is 5.23. The maximum atomic E-state index is 11.4. The van der Waals surface area contributed by atoms with Gasteiger partial charge in [-0.3, -0.25) is 4.79 Å². The highest BCUT2D eigenvalue weighted by atomic mass is 79.9. The van der Waals surface area contributed by atoms with Crippen LogP contribution in [0.1, 0.15) is 33.1 Å². The molecular weight excluding hydrogens is 246 g/mol. The molecule has 0 aromatic carbocycles. The summed E-state index contributed by atoms with van der Waals surface area (Å²) >= 11 is 3.33. The van der Waals surface area contributed by atoms with E-state index in [1.807, 2.05) is 13.8 Å². The molecule has 1 aliphatic carbocycles. The van der Waals surface area contributed by atoms with Gasteiger partial charge in [-0.2, -0.15) is 0 Å². The molecule has 0 heterocycles. The summed E-state index contributed by atoms with van der Waals surface area (Å²) in [5, 5.41) is 2.99. The molecule has 14 heavy (non-hydrogen) atoms. The fourth-order valence-electron chi connectivity index (χ4n) is 1.53.